The predicted octanol–water partition coefficient (Wildman–Crippen LogP) is 5.16. The van der Waals surface area contributed by atoms with Gasteiger partial charge in [-0.1, -0.05) is 60.7 Å². The minimum Gasteiger partial charge on any atom is -0.261 e. The molecule has 3 aromatic rings. The van der Waals surface area contributed by atoms with E-state index in [2.05, 4.69) is 4.98 Å². The molecular formula is C16H11F2IN2. The third-order valence-electron chi connectivity index (χ3n) is 3.14. The summed E-state index contributed by atoms with van der Waals surface area (Å²) in [7, 11) is 0. The number of aromatic nitrogens is 2. The highest BCUT2D eigenvalue weighted by atomic mass is 127. The van der Waals surface area contributed by atoms with Crippen LogP contribution in [0.1, 0.15) is 0 Å². The van der Waals surface area contributed by atoms with Gasteiger partial charge >= 0.3 is 4.05 Å². The molecule has 0 unspecified atom stereocenters. The lowest BCUT2D eigenvalue weighted by atomic mass is 10.0. The molecule has 0 fully saturated rings. The Kier molecular flexibility index (Phi) is 3.75. The Bertz CT molecular complexity index is 734. The SMILES string of the molecule is FC(F)(I)n1cnc(-c2ccccc2)c1-c1ccccc1. The zero-order valence-corrected chi connectivity index (χ0v) is 13.0. The van der Waals surface area contributed by atoms with Crippen LogP contribution in [-0.2, 0) is 4.05 Å². The fourth-order valence-corrected chi connectivity index (χ4v) is 2.59. The van der Waals surface area contributed by atoms with E-state index in [1.165, 1.54) is 6.33 Å². The average Bonchev–Trinajstić information content (AvgIpc) is 2.94. The molecule has 2 aromatic carbocycles. The van der Waals surface area contributed by atoms with Gasteiger partial charge in [-0.15, -0.1) is 0 Å². The van der Waals surface area contributed by atoms with Crippen LogP contribution in [0.2, 0.25) is 0 Å². The van der Waals surface area contributed by atoms with Gasteiger partial charge in [0.25, 0.3) is 0 Å². The Morgan fingerprint density at radius 1 is 0.857 bits per heavy atom. The zero-order valence-electron chi connectivity index (χ0n) is 10.9. The number of rotatable bonds is 3. The smallest absolute Gasteiger partial charge is 0.261 e. The minimum absolute atomic E-state index is 0.418. The van der Waals surface area contributed by atoms with E-state index >= 15 is 0 Å². The van der Waals surface area contributed by atoms with Crippen LogP contribution in [-0.4, -0.2) is 9.55 Å². The van der Waals surface area contributed by atoms with E-state index in [4.69, 9.17) is 0 Å². The average molecular weight is 396 g/mol. The van der Waals surface area contributed by atoms with Crippen LogP contribution in [0.4, 0.5) is 8.78 Å². The Labute approximate surface area is 134 Å². The summed E-state index contributed by atoms with van der Waals surface area (Å²) in [4.78, 5) is 4.21. The maximum atomic E-state index is 13.8. The topological polar surface area (TPSA) is 17.8 Å². The summed E-state index contributed by atoms with van der Waals surface area (Å²) in [5.41, 5.74) is 2.50. The first kappa shape index (κ1) is 14.2. The van der Waals surface area contributed by atoms with Crippen LogP contribution in [0.5, 0.6) is 0 Å². The summed E-state index contributed by atoms with van der Waals surface area (Å²) >= 11 is 1.12. The zero-order chi connectivity index (χ0) is 14.9. The lowest BCUT2D eigenvalue weighted by Crippen LogP contribution is -2.14. The van der Waals surface area contributed by atoms with E-state index in [-0.39, 0.29) is 0 Å². The highest BCUT2D eigenvalue weighted by Gasteiger charge is 2.31. The van der Waals surface area contributed by atoms with Gasteiger partial charge in [0.05, 0.1) is 11.4 Å². The van der Waals surface area contributed by atoms with Gasteiger partial charge < -0.3 is 0 Å². The third kappa shape index (κ3) is 2.83. The van der Waals surface area contributed by atoms with Gasteiger partial charge in [0.2, 0.25) is 0 Å². The van der Waals surface area contributed by atoms with Crippen molar-refractivity contribution < 1.29 is 8.78 Å². The first-order valence-electron chi connectivity index (χ1n) is 6.33. The van der Waals surface area contributed by atoms with Crippen molar-refractivity contribution in [2.75, 3.05) is 0 Å². The lowest BCUT2D eigenvalue weighted by molar-refractivity contribution is 0.0477. The minimum atomic E-state index is -3.04. The maximum Gasteiger partial charge on any atom is 0.382 e. The second-order valence-corrected chi connectivity index (χ2v) is 5.81. The van der Waals surface area contributed by atoms with Gasteiger partial charge in [0.1, 0.15) is 6.33 Å². The summed E-state index contributed by atoms with van der Waals surface area (Å²) in [6.07, 6.45) is 1.19. The van der Waals surface area contributed by atoms with Crippen molar-refractivity contribution in [2.45, 2.75) is 4.05 Å². The molecule has 0 radical (unpaired) electrons. The number of hydrogen-bond acceptors (Lipinski definition) is 1. The molecule has 0 spiro atoms. The van der Waals surface area contributed by atoms with Gasteiger partial charge in [-0.25, -0.2) is 4.98 Å². The van der Waals surface area contributed by atoms with E-state index in [0.29, 0.717) is 17.0 Å². The van der Waals surface area contributed by atoms with Crippen LogP contribution >= 0.6 is 22.6 Å². The van der Waals surface area contributed by atoms with E-state index < -0.39 is 4.05 Å². The van der Waals surface area contributed by atoms with E-state index in [0.717, 1.165) is 32.7 Å². The monoisotopic (exact) mass is 396 g/mol. The molecule has 2 nitrogen and oxygen atoms in total. The maximum absolute atomic E-state index is 13.8. The Hall–Kier alpha value is -1.76. The van der Waals surface area contributed by atoms with Gasteiger partial charge in [-0.2, -0.15) is 8.78 Å². The third-order valence-corrected chi connectivity index (χ3v) is 3.65. The number of nitrogens with zero attached hydrogens (tertiary/aromatic N) is 2. The number of halogens is 3. The largest absolute Gasteiger partial charge is 0.382 e. The molecule has 0 aliphatic rings. The van der Waals surface area contributed by atoms with Crippen LogP contribution in [0, 0.1) is 0 Å². The van der Waals surface area contributed by atoms with Gasteiger partial charge in [0.15, 0.2) is 0 Å². The summed E-state index contributed by atoms with van der Waals surface area (Å²) < 4.78 is 25.5. The summed E-state index contributed by atoms with van der Waals surface area (Å²) in [5, 5.41) is 0. The van der Waals surface area contributed by atoms with Crippen molar-refractivity contribution in [3.63, 3.8) is 0 Å². The van der Waals surface area contributed by atoms with Crippen molar-refractivity contribution in [1.82, 2.24) is 9.55 Å². The van der Waals surface area contributed by atoms with E-state index in [1.54, 1.807) is 0 Å². The van der Waals surface area contributed by atoms with Crippen molar-refractivity contribution in [3.05, 3.63) is 67.0 Å². The molecule has 0 saturated heterocycles. The van der Waals surface area contributed by atoms with Crippen molar-refractivity contribution in [1.29, 1.82) is 0 Å². The van der Waals surface area contributed by atoms with E-state index in [9.17, 15) is 8.78 Å². The van der Waals surface area contributed by atoms with Crippen molar-refractivity contribution in [2.24, 2.45) is 0 Å². The van der Waals surface area contributed by atoms with Gasteiger partial charge in [-0.05, 0) is 0 Å². The molecule has 1 aromatic heterocycles. The van der Waals surface area contributed by atoms with Crippen LogP contribution in [0.15, 0.2) is 67.0 Å². The summed E-state index contributed by atoms with van der Waals surface area (Å²) in [5.74, 6) is 0. The molecule has 5 heteroatoms. The van der Waals surface area contributed by atoms with Crippen LogP contribution in [0.25, 0.3) is 22.5 Å². The second kappa shape index (κ2) is 5.55. The van der Waals surface area contributed by atoms with Crippen LogP contribution in [0.3, 0.4) is 0 Å². The molecule has 0 atom stereocenters. The van der Waals surface area contributed by atoms with Crippen LogP contribution < -0.4 is 0 Å². The summed E-state index contributed by atoms with van der Waals surface area (Å²) in [6, 6.07) is 18.5. The molecule has 0 saturated carbocycles. The van der Waals surface area contributed by atoms with Crippen molar-refractivity contribution in [3.8, 4) is 22.5 Å². The number of hydrogen-bond donors (Lipinski definition) is 0. The second-order valence-electron chi connectivity index (χ2n) is 4.51. The Balaban J connectivity index is 2.26. The molecule has 0 aliphatic carbocycles. The fraction of sp³-hybridized carbons (Fsp3) is 0.0625. The number of benzene rings is 2. The molecule has 0 bridgehead atoms. The molecule has 0 aliphatic heterocycles. The Morgan fingerprint density at radius 3 is 1.90 bits per heavy atom. The van der Waals surface area contributed by atoms with E-state index in [1.807, 2.05) is 60.7 Å². The molecule has 0 N–H and O–H groups in total. The molecule has 21 heavy (non-hydrogen) atoms. The molecule has 1 heterocycles. The predicted molar refractivity (Wildman–Crippen MR) is 87.3 cm³/mol. The number of imidazole rings is 1. The first-order valence-corrected chi connectivity index (χ1v) is 7.40. The van der Waals surface area contributed by atoms with Gasteiger partial charge in [-0.3, -0.25) is 4.57 Å². The first-order chi connectivity index (χ1) is 10.1. The molecule has 106 valence electrons. The highest BCUT2D eigenvalue weighted by molar-refractivity contribution is 14.1. The quantitative estimate of drug-likeness (QED) is 0.442. The normalized spacial score (nSPS) is 11.6. The van der Waals surface area contributed by atoms with Gasteiger partial charge in [0, 0.05) is 33.7 Å². The Morgan fingerprint density at radius 2 is 1.38 bits per heavy atom. The number of alkyl halides is 3. The highest BCUT2D eigenvalue weighted by Crippen LogP contribution is 2.38. The molecular weight excluding hydrogens is 385 g/mol. The van der Waals surface area contributed by atoms with Crippen molar-refractivity contribution >= 4 is 22.6 Å². The standard InChI is InChI=1S/C16H11F2IN2/c17-16(18,19)21-11-20-14(12-7-3-1-4-8-12)15(21)13-9-5-2-6-10-13/h1-11H. The molecule has 0 amide bonds. The summed E-state index contributed by atoms with van der Waals surface area (Å²) in [6.45, 7) is 0. The molecule has 3 rings (SSSR count). The lowest BCUT2D eigenvalue weighted by Gasteiger charge is -2.15. The fourth-order valence-electron chi connectivity index (χ4n) is 2.22.